The summed E-state index contributed by atoms with van der Waals surface area (Å²) in [7, 11) is 1.32. The molecule has 2 aromatic carbocycles. The summed E-state index contributed by atoms with van der Waals surface area (Å²) in [5.74, 6) is -1.19. The second kappa shape index (κ2) is 9.94. The molecular weight excluding hydrogens is 420 g/mol. The van der Waals surface area contributed by atoms with Gasteiger partial charge in [0.1, 0.15) is 5.75 Å². The van der Waals surface area contributed by atoms with Gasteiger partial charge in [-0.2, -0.15) is 0 Å². The molecular formula is C22H20N2O6S. The molecule has 0 bridgehead atoms. The van der Waals surface area contributed by atoms with E-state index >= 15 is 0 Å². The van der Waals surface area contributed by atoms with Gasteiger partial charge >= 0.3 is 11.9 Å². The summed E-state index contributed by atoms with van der Waals surface area (Å²) >= 11 is 1.26. The minimum Gasteiger partial charge on any atom is -0.482 e. The maximum atomic E-state index is 12.8. The fourth-order valence-electron chi connectivity index (χ4n) is 2.73. The van der Waals surface area contributed by atoms with Gasteiger partial charge in [-0.1, -0.05) is 12.1 Å². The van der Waals surface area contributed by atoms with Crippen LogP contribution in [-0.4, -0.2) is 53.3 Å². The summed E-state index contributed by atoms with van der Waals surface area (Å²) in [4.78, 5) is 41.6. The van der Waals surface area contributed by atoms with Crippen LogP contribution < -0.4 is 4.74 Å². The van der Waals surface area contributed by atoms with Crippen molar-refractivity contribution in [2.24, 2.45) is 4.99 Å². The van der Waals surface area contributed by atoms with Crippen LogP contribution in [-0.2, 0) is 14.3 Å². The summed E-state index contributed by atoms with van der Waals surface area (Å²) in [6.07, 6.45) is 1.75. The number of benzene rings is 2. The summed E-state index contributed by atoms with van der Waals surface area (Å²) in [6, 6.07) is 13.4. The minimum absolute atomic E-state index is 0.149. The first-order chi connectivity index (χ1) is 14.9. The predicted octanol–water partition coefficient (Wildman–Crippen LogP) is 3.56. The fraction of sp³-hybridized carbons (Fsp3) is 0.182. The summed E-state index contributed by atoms with van der Waals surface area (Å²) in [6.45, 7) is 1.91. The maximum Gasteiger partial charge on any atom is 0.341 e. The molecule has 0 aliphatic carbocycles. The number of amidine groups is 1. The van der Waals surface area contributed by atoms with Gasteiger partial charge in [0.05, 0.1) is 23.3 Å². The number of aliphatic imine (C=N–C) groups is 1. The van der Waals surface area contributed by atoms with Gasteiger partial charge in [-0.3, -0.25) is 9.69 Å². The average molecular weight is 440 g/mol. The van der Waals surface area contributed by atoms with Crippen molar-refractivity contribution in [1.29, 1.82) is 0 Å². The van der Waals surface area contributed by atoms with Crippen molar-refractivity contribution in [3.05, 3.63) is 64.6 Å². The molecule has 1 saturated heterocycles. The zero-order valence-electron chi connectivity index (χ0n) is 16.9. The standard InChI is InChI=1S/C22H20N2O6S/c1-3-24-20(27)18(12-14-4-10-17(11-5-14)30-13-19(25)26)31-22(24)23-16-8-6-15(7-9-16)21(28)29-2/h4-12H,3,13H2,1-2H3,(H,25,26)/b18-12+,23-22?. The first-order valence-corrected chi connectivity index (χ1v) is 10.2. The highest BCUT2D eigenvalue weighted by Gasteiger charge is 2.32. The van der Waals surface area contributed by atoms with Crippen LogP contribution in [0.5, 0.6) is 5.75 Å². The molecule has 160 valence electrons. The van der Waals surface area contributed by atoms with E-state index in [1.807, 2.05) is 6.92 Å². The van der Waals surface area contributed by atoms with Gasteiger partial charge in [-0.25, -0.2) is 14.6 Å². The second-order valence-electron chi connectivity index (χ2n) is 6.34. The predicted molar refractivity (Wildman–Crippen MR) is 117 cm³/mol. The zero-order valence-corrected chi connectivity index (χ0v) is 17.7. The lowest BCUT2D eigenvalue weighted by molar-refractivity contribution is -0.139. The Morgan fingerprint density at radius 1 is 1.13 bits per heavy atom. The number of rotatable bonds is 7. The van der Waals surface area contributed by atoms with E-state index in [0.29, 0.717) is 33.6 Å². The molecule has 0 aromatic heterocycles. The number of methoxy groups -OCH3 is 1. The van der Waals surface area contributed by atoms with Crippen LogP contribution in [0.4, 0.5) is 5.69 Å². The number of carbonyl (C=O) groups is 3. The van der Waals surface area contributed by atoms with Gasteiger partial charge in [0.2, 0.25) is 0 Å². The van der Waals surface area contributed by atoms with Crippen molar-refractivity contribution in [2.45, 2.75) is 6.92 Å². The quantitative estimate of drug-likeness (QED) is 0.518. The fourth-order valence-corrected chi connectivity index (χ4v) is 3.79. The topological polar surface area (TPSA) is 106 Å². The Morgan fingerprint density at radius 3 is 2.39 bits per heavy atom. The number of carboxylic acid groups (broad SMARTS) is 1. The minimum atomic E-state index is -1.05. The molecule has 1 aliphatic heterocycles. The lowest BCUT2D eigenvalue weighted by Gasteiger charge is -2.12. The number of hydrogen-bond acceptors (Lipinski definition) is 7. The van der Waals surface area contributed by atoms with E-state index in [9.17, 15) is 14.4 Å². The van der Waals surface area contributed by atoms with Crippen LogP contribution in [0.2, 0.25) is 0 Å². The van der Waals surface area contributed by atoms with Crippen LogP contribution in [0.15, 0.2) is 58.4 Å². The monoisotopic (exact) mass is 440 g/mol. The zero-order chi connectivity index (χ0) is 22.4. The van der Waals surface area contributed by atoms with Crippen LogP contribution in [0, 0.1) is 0 Å². The number of hydrogen-bond donors (Lipinski definition) is 1. The lowest BCUT2D eigenvalue weighted by Crippen LogP contribution is -2.28. The van der Waals surface area contributed by atoms with Gasteiger partial charge in [0.25, 0.3) is 5.91 Å². The molecule has 2 aromatic rings. The van der Waals surface area contributed by atoms with E-state index in [1.165, 1.54) is 18.9 Å². The third kappa shape index (κ3) is 5.52. The van der Waals surface area contributed by atoms with Gasteiger partial charge in [-0.05, 0) is 66.7 Å². The highest BCUT2D eigenvalue weighted by molar-refractivity contribution is 8.18. The number of esters is 1. The number of ether oxygens (including phenoxy) is 2. The Morgan fingerprint density at radius 2 is 1.81 bits per heavy atom. The van der Waals surface area contributed by atoms with E-state index in [0.717, 1.165) is 5.56 Å². The molecule has 0 unspecified atom stereocenters. The van der Waals surface area contributed by atoms with Crippen molar-refractivity contribution in [3.63, 3.8) is 0 Å². The molecule has 1 amide bonds. The lowest BCUT2D eigenvalue weighted by atomic mass is 10.2. The van der Waals surface area contributed by atoms with Crippen molar-refractivity contribution >= 4 is 46.5 Å². The highest BCUT2D eigenvalue weighted by Crippen LogP contribution is 2.34. The molecule has 0 spiro atoms. The van der Waals surface area contributed by atoms with E-state index < -0.39 is 18.5 Å². The van der Waals surface area contributed by atoms with Crippen molar-refractivity contribution in [1.82, 2.24) is 4.90 Å². The molecule has 8 nitrogen and oxygen atoms in total. The average Bonchev–Trinajstić information content (AvgIpc) is 3.06. The van der Waals surface area contributed by atoms with E-state index in [4.69, 9.17) is 9.84 Å². The number of carboxylic acids is 1. The summed E-state index contributed by atoms with van der Waals surface area (Å²) < 4.78 is 9.80. The molecule has 1 heterocycles. The molecule has 1 N–H and O–H groups in total. The molecule has 0 saturated carbocycles. The number of carbonyl (C=O) groups excluding carboxylic acids is 2. The van der Waals surface area contributed by atoms with E-state index in [1.54, 1.807) is 59.5 Å². The normalized spacial score (nSPS) is 16.1. The van der Waals surface area contributed by atoms with Gasteiger partial charge in [0, 0.05) is 6.54 Å². The Balaban J connectivity index is 1.78. The van der Waals surface area contributed by atoms with Gasteiger partial charge < -0.3 is 14.6 Å². The summed E-state index contributed by atoms with van der Waals surface area (Å²) in [5, 5.41) is 9.21. The molecule has 9 heteroatoms. The maximum absolute atomic E-state index is 12.8. The van der Waals surface area contributed by atoms with Gasteiger partial charge in [0.15, 0.2) is 11.8 Å². The first kappa shape index (κ1) is 22.1. The van der Waals surface area contributed by atoms with E-state index in [-0.39, 0.29) is 5.91 Å². The number of thioether (sulfide) groups is 1. The van der Waals surface area contributed by atoms with Crippen LogP contribution in [0.1, 0.15) is 22.8 Å². The Bertz CT molecular complexity index is 1040. The molecule has 1 fully saturated rings. The smallest absolute Gasteiger partial charge is 0.341 e. The van der Waals surface area contributed by atoms with Crippen LogP contribution >= 0.6 is 11.8 Å². The Kier molecular flexibility index (Phi) is 7.09. The largest absolute Gasteiger partial charge is 0.482 e. The SMILES string of the molecule is CCN1C(=O)/C(=C\c2ccc(OCC(=O)O)cc2)SC1=Nc1ccc(C(=O)OC)cc1. The molecule has 3 rings (SSSR count). The number of amides is 1. The van der Waals surface area contributed by atoms with Gasteiger partial charge in [-0.15, -0.1) is 0 Å². The van der Waals surface area contributed by atoms with Crippen LogP contribution in [0.25, 0.3) is 6.08 Å². The van der Waals surface area contributed by atoms with Crippen LogP contribution in [0.3, 0.4) is 0 Å². The first-order valence-electron chi connectivity index (χ1n) is 9.34. The Labute approximate surface area is 183 Å². The third-order valence-corrected chi connectivity index (χ3v) is 5.26. The van der Waals surface area contributed by atoms with Crippen molar-refractivity contribution < 1.29 is 29.0 Å². The number of likely N-dealkylation sites (N-methyl/N-ethyl adjacent to an activating group) is 1. The molecule has 0 atom stereocenters. The highest BCUT2D eigenvalue weighted by atomic mass is 32.2. The third-order valence-electron chi connectivity index (χ3n) is 4.26. The van der Waals surface area contributed by atoms with Crippen molar-refractivity contribution in [3.8, 4) is 5.75 Å². The molecule has 31 heavy (non-hydrogen) atoms. The Hall–Kier alpha value is -3.59. The number of nitrogens with zero attached hydrogens (tertiary/aromatic N) is 2. The molecule has 1 aliphatic rings. The van der Waals surface area contributed by atoms with E-state index in [2.05, 4.69) is 9.73 Å². The summed E-state index contributed by atoms with van der Waals surface area (Å²) in [5.41, 5.74) is 1.81. The van der Waals surface area contributed by atoms with Crippen molar-refractivity contribution in [2.75, 3.05) is 20.3 Å². The molecule has 0 radical (unpaired) electrons. The number of aliphatic carboxylic acids is 1. The second-order valence-corrected chi connectivity index (χ2v) is 7.35.